The molecule has 0 fully saturated rings. The van der Waals surface area contributed by atoms with Gasteiger partial charge in [-0.1, -0.05) is 31.5 Å². The van der Waals surface area contributed by atoms with Gasteiger partial charge in [0.05, 0.1) is 11.5 Å². The van der Waals surface area contributed by atoms with Gasteiger partial charge in [0.2, 0.25) is 19.7 Å². The number of sulfone groups is 2. The van der Waals surface area contributed by atoms with E-state index in [1.54, 1.807) is 24.3 Å². The van der Waals surface area contributed by atoms with Crippen molar-refractivity contribution in [2.45, 2.75) is 20.8 Å². The van der Waals surface area contributed by atoms with Crippen molar-refractivity contribution < 1.29 is 21.6 Å². The van der Waals surface area contributed by atoms with Crippen LogP contribution in [0.5, 0.6) is 0 Å². The van der Waals surface area contributed by atoms with Crippen LogP contribution in [0.1, 0.15) is 19.4 Å². The summed E-state index contributed by atoms with van der Waals surface area (Å²) < 4.78 is 46.3. The van der Waals surface area contributed by atoms with Gasteiger partial charge in [0.15, 0.2) is 0 Å². The van der Waals surface area contributed by atoms with Gasteiger partial charge in [0.25, 0.3) is 4.38 Å². The van der Waals surface area contributed by atoms with Gasteiger partial charge >= 0.3 is 6.03 Å². The number of nitrogens with one attached hydrogen (secondary N) is 2. The first kappa shape index (κ1) is 19.1. The Bertz CT molecular complexity index is 761. The summed E-state index contributed by atoms with van der Waals surface area (Å²) >= 11 is 0. The second-order valence-corrected chi connectivity index (χ2v) is 9.26. The Kier molecular flexibility index (Phi) is 6.28. The number of hydrogen-bond acceptors (Lipinski definition) is 6. The van der Waals surface area contributed by atoms with E-state index in [0.29, 0.717) is 5.69 Å². The molecule has 0 aromatic heterocycles. The third kappa shape index (κ3) is 5.32. The fraction of sp³-hybridized carbons (Fsp3) is 0.385. The van der Waals surface area contributed by atoms with E-state index in [2.05, 4.69) is 10.4 Å². The molecule has 0 aliphatic carbocycles. The maximum absolute atomic E-state index is 11.8. The average Bonchev–Trinajstić information content (AvgIpc) is 2.49. The van der Waals surface area contributed by atoms with Gasteiger partial charge in [0, 0.05) is 5.69 Å². The number of rotatable bonds is 4. The average molecular weight is 361 g/mol. The summed E-state index contributed by atoms with van der Waals surface area (Å²) in [6.07, 6.45) is 0. The highest BCUT2D eigenvalue weighted by Gasteiger charge is 2.30. The van der Waals surface area contributed by atoms with Gasteiger partial charge in [0.1, 0.15) is 0 Å². The first-order valence-corrected chi connectivity index (χ1v) is 10.1. The van der Waals surface area contributed by atoms with Crippen LogP contribution in [0, 0.1) is 6.92 Å². The van der Waals surface area contributed by atoms with Crippen molar-refractivity contribution in [3.8, 4) is 0 Å². The molecule has 0 unspecified atom stereocenters. The molecule has 0 saturated heterocycles. The smallest absolute Gasteiger partial charge is 0.307 e. The van der Waals surface area contributed by atoms with E-state index >= 15 is 0 Å². The third-order valence-electron chi connectivity index (χ3n) is 2.85. The topological polar surface area (TPSA) is 122 Å². The Hall–Kier alpha value is -1.94. The molecule has 23 heavy (non-hydrogen) atoms. The van der Waals surface area contributed by atoms with Crippen LogP contribution in [0.2, 0.25) is 0 Å². The van der Waals surface area contributed by atoms with Crippen LogP contribution >= 0.6 is 0 Å². The predicted octanol–water partition coefficient (Wildman–Crippen LogP) is 1.26. The third-order valence-corrected chi connectivity index (χ3v) is 7.14. The van der Waals surface area contributed by atoms with Gasteiger partial charge in [-0.2, -0.15) is 0 Å². The van der Waals surface area contributed by atoms with Crippen molar-refractivity contribution in [1.82, 2.24) is 5.43 Å². The summed E-state index contributed by atoms with van der Waals surface area (Å²) in [5, 5.41) is 5.72. The Morgan fingerprint density at radius 2 is 1.48 bits per heavy atom. The number of carbonyl (C=O) groups excluding carboxylic acids is 1. The Labute approximate surface area is 135 Å². The SMILES string of the molecule is CCS(=O)(=O)C(=NNC(=O)Nc1ccc(C)cc1)S(=O)(=O)CC. The van der Waals surface area contributed by atoms with Crippen LogP contribution in [0.25, 0.3) is 0 Å². The summed E-state index contributed by atoms with van der Waals surface area (Å²) in [4.78, 5) is 11.7. The minimum Gasteiger partial charge on any atom is -0.307 e. The lowest BCUT2D eigenvalue weighted by atomic mass is 10.2. The van der Waals surface area contributed by atoms with Gasteiger partial charge in [-0.05, 0) is 19.1 Å². The molecule has 0 atom stereocenters. The number of hydrazone groups is 1. The zero-order chi connectivity index (χ0) is 17.7. The molecule has 1 rings (SSSR count). The number of aryl methyl sites for hydroxylation is 1. The summed E-state index contributed by atoms with van der Waals surface area (Å²) in [7, 11) is -8.17. The van der Waals surface area contributed by atoms with Gasteiger partial charge in [-0.25, -0.2) is 27.1 Å². The molecule has 1 aromatic carbocycles. The first-order valence-electron chi connectivity index (χ1n) is 6.79. The van der Waals surface area contributed by atoms with Crippen LogP contribution in [-0.4, -0.2) is 38.7 Å². The van der Waals surface area contributed by atoms with Crippen molar-refractivity contribution in [2.75, 3.05) is 16.8 Å². The molecule has 0 aliphatic rings. The second-order valence-electron chi connectivity index (χ2n) is 4.62. The van der Waals surface area contributed by atoms with Crippen LogP contribution in [0.15, 0.2) is 29.4 Å². The number of anilines is 1. The van der Waals surface area contributed by atoms with Crippen LogP contribution in [0.3, 0.4) is 0 Å². The lowest BCUT2D eigenvalue weighted by Crippen LogP contribution is -2.33. The molecule has 0 radical (unpaired) electrons. The minimum atomic E-state index is -4.08. The number of amides is 2. The molecule has 1 aromatic rings. The summed E-state index contributed by atoms with van der Waals surface area (Å²) in [6, 6.07) is 5.99. The highest BCUT2D eigenvalue weighted by molar-refractivity contribution is 8.31. The molecule has 128 valence electrons. The monoisotopic (exact) mass is 361 g/mol. The van der Waals surface area contributed by atoms with Crippen molar-refractivity contribution >= 4 is 35.8 Å². The van der Waals surface area contributed by atoms with Crippen molar-refractivity contribution in [1.29, 1.82) is 0 Å². The van der Waals surface area contributed by atoms with Crippen molar-refractivity contribution in [3.05, 3.63) is 29.8 Å². The van der Waals surface area contributed by atoms with E-state index in [4.69, 9.17) is 0 Å². The lowest BCUT2D eigenvalue weighted by molar-refractivity contribution is 0.252. The number of benzene rings is 1. The van der Waals surface area contributed by atoms with E-state index in [-0.39, 0.29) is 0 Å². The molecule has 0 bridgehead atoms. The van der Waals surface area contributed by atoms with Crippen LogP contribution in [0.4, 0.5) is 10.5 Å². The van der Waals surface area contributed by atoms with E-state index in [0.717, 1.165) is 5.56 Å². The first-order chi connectivity index (χ1) is 10.6. The summed E-state index contributed by atoms with van der Waals surface area (Å²) in [6.45, 7) is 4.47. The minimum absolute atomic E-state index is 0.438. The van der Waals surface area contributed by atoms with Gasteiger partial charge in [-0.3, -0.25) is 0 Å². The highest BCUT2D eigenvalue weighted by atomic mass is 32.3. The molecule has 0 heterocycles. The molecule has 0 spiro atoms. The van der Waals surface area contributed by atoms with Crippen molar-refractivity contribution in [3.63, 3.8) is 0 Å². The fourth-order valence-corrected chi connectivity index (χ4v) is 4.59. The van der Waals surface area contributed by atoms with Crippen LogP contribution in [-0.2, 0) is 19.7 Å². The zero-order valence-corrected chi connectivity index (χ0v) is 14.7. The predicted molar refractivity (Wildman–Crippen MR) is 89.7 cm³/mol. The van der Waals surface area contributed by atoms with Crippen molar-refractivity contribution in [2.24, 2.45) is 5.10 Å². The van der Waals surface area contributed by atoms with E-state index in [1.807, 2.05) is 12.3 Å². The number of hydrogen-bond donors (Lipinski definition) is 2. The lowest BCUT2D eigenvalue weighted by Gasteiger charge is -2.08. The van der Waals surface area contributed by atoms with E-state index in [1.165, 1.54) is 13.8 Å². The standard InChI is InChI=1S/C13H19N3O5S2/c1-4-22(18,19)13(23(20,21)5-2)16-15-12(17)14-11-8-6-10(3)7-9-11/h6-9H,4-5H2,1-3H3,(H2,14,15,17). The number of urea groups is 1. The van der Waals surface area contributed by atoms with E-state index in [9.17, 15) is 21.6 Å². The quantitative estimate of drug-likeness (QED) is 0.475. The van der Waals surface area contributed by atoms with Crippen LogP contribution < -0.4 is 10.7 Å². The summed E-state index contributed by atoms with van der Waals surface area (Å²) in [5.41, 5.74) is 3.37. The van der Waals surface area contributed by atoms with Gasteiger partial charge < -0.3 is 5.32 Å². The highest BCUT2D eigenvalue weighted by Crippen LogP contribution is 2.08. The Morgan fingerprint density at radius 3 is 1.91 bits per heavy atom. The zero-order valence-electron chi connectivity index (χ0n) is 13.0. The molecule has 8 nitrogen and oxygen atoms in total. The molecule has 10 heteroatoms. The molecule has 0 saturated carbocycles. The number of carbonyl (C=O) groups is 1. The maximum atomic E-state index is 11.8. The fourth-order valence-electron chi connectivity index (χ4n) is 1.47. The second kappa shape index (κ2) is 7.55. The molecule has 2 N–H and O–H groups in total. The van der Waals surface area contributed by atoms with E-state index < -0.39 is 41.6 Å². The Balaban J connectivity index is 2.97. The molecular weight excluding hydrogens is 342 g/mol. The maximum Gasteiger partial charge on any atom is 0.339 e. The molecule has 2 amide bonds. The van der Waals surface area contributed by atoms with Gasteiger partial charge in [-0.15, -0.1) is 5.10 Å². The summed E-state index contributed by atoms with van der Waals surface area (Å²) in [5.74, 6) is -0.876. The largest absolute Gasteiger partial charge is 0.339 e. The normalized spacial score (nSPS) is 11.6. The molecular formula is C13H19N3O5S2. The molecule has 0 aliphatic heterocycles. The Morgan fingerprint density at radius 1 is 1.00 bits per heavy atom. The number of nitrogens with zero attached hydrogens (tertiary/aromatic N) is 1.